The second-order valence-electron chi connectivity index (χ2n) is 15.8. The van der Waals surface area contributed by atoms with E-state index in [1.54, 1.807) is 108 Å². The molecular formula is C45H51ClN8O6. The summed E-state index contributed by atoms with van der Waals surface area (Å²) in [4.78, 5) is 62.3. The predicted octanol–water partition coefficient (Wildman–Crippen LogP) is 9.34. The molecule has 5 aromatic rings. The van der Waals surface area contributed by atoms with E-state index in [-0.39, 0.29) is 11.8 Å². The number of aromatic nitrogens is 2. The second-order valence-corrected chi connectivity index (χ2v) is 16.2. The minimum atomic E-state index is -0.621. The summed E-state index contributed by atoms with van der Waals surface area (Å²) in [5, 5.41) is 11.2. The molecule has 3 heterocycles. The van der Waals surface area contributed by atoms with Crippen LogP contribution in [0.4, 0.5) is 38.2 Å². The van der Waals surface area contributed by atoms with Gasteiger partial charge in [-0.1, -0.05) is 66.2 Å². The average molecular weight is 835 g/mol. The highest BCUT2D eigenvalue weighted by molar-refractivity contribution is 6.29. The molecule has 15 heteroatoms. The summed E-state index contributed by atoms with van der Waals surface area (Å²) in [6.45, 7) is 15.3. The van der Waals surface area contributed by atoms with Gasteiger partial charge in [-0.05, 0) is 95.6 Å². The van der Waals surface area contributed by atoms with E-state index in [1.807, 2.05) is 12.1 Å². The molecule has 0 aliphatic carbocycles. The number of ether oxygens (including phenoxy) is 2. The zero-order valence-corrected chi connectivity index (χ0v) is 35.4. The number of para-hydroxylation sites is 4. The quantitative estimate of drug-likeness (QED) is 0.105. The highest BCUT2D eigenvalue weighted by Gasteiger charge is 2.21. The highest BCUT2D eigenvalue weighted by atomic mass is 35.5. The van der Waals surface area contributed by atoms with E-state index in [0.29, 0.717) is 39.0 Å². The summed E-state index contributed by atoms with van der Waals surface area (Å²) < 4.78 is 10.5. The Morgan fingerprint density at radius 3 is 1.42 bits per heavy atom. The Morgan fingerprint density at radius 2 is 1.00 bits per heavy atom. The Morgan fingerprint density at radius 1 is 0.567 bits per heavy atom. The van der Waals surface area contributed by atoms with Crippen LogP contribution in [0, 0.1) is 0 Å². The molecule has 6 rings (SSSR count). The fraction of sp³-hybridized carbons (Fsp3) is 0.289. The molecule has 14 nitrogen and oxygen atoms in total. The first kappa shape index (κ1) is 44.6. The summed E-state index contributed by atoms with van der Waals surface area (Å²) in [7, 11) is 0. The zero-order chi connectivity index (χ0) is 43.3. The molecule has 60 heavy (non-hydrogen) atoms. The van der Waals surface area contributed by atoms with Crippen LogP contribution in [0.3, 0.4) is 0 Å². The van der Waals surface area contributed by atoms with Gasteiger partial charge in [0.2, 0.25) is 0 Å². The third-order valence-electron chi connectivity index (χ3n) is 8.57. The third-order valence-corrected chi connectivity index (χ3v) is 8.79. The second kappa shape index (κ2) is 20.5. The van der Waals surface area contributed by atoms with Gasteiger partial charge in [-0.3, -0.25) is 25.1 Å². The maximum Gasteiger partial charge on any atom is 0.412 e. The molecule has 0 spiro atoms. The molecule has 0 radical (unpaired) electrons. The van der Waals surface area contributed by atoms with E-state index in [9.17, 15) is 19.2 Å². The molecule has 1 saturated heterocycles. The summed E-state index contributed by atoms with van der Waals surface area (Å²) in [6, 6.07) is 31.1. The highest BCUT2D eigenvalue weighted by Crippen LogP contribution is 2.25. The fourth-order valence-corrected chi connectivity index (χ4v) is 5.92. The molecule has 4 amide bonds. The average Bonchev–Trinajstić information content (AvgIpc) is 3.19. The molecule has 1 aliphatic heterocycles. The maximum absolute atomic E-state index is 12.9. The van der Waals surface area contributed by atoms with Gasteiger partial charge >= 0.3 is 12.2 Å². The molecule has 4 N–H and O–H groups in total. The van der Waals surface area contributed by atoms with Gasteiger partial charge in [0.05, 0.1) is 33.9 Å². The normalized spacial score (nSPS) is 12.9. The third kappa shape index (κ3) is 14.4. The van der Waals surface area contributed by atoms with Crippen LogP contribution in [0.25, 0.3) is 0 Å². The van der Waals surface area contributed by atoms with Crippen molar-refractivity contribution in [2.75, 3.05) is 52.3 Å². The smallest absolute Gasteiger partial charge is 0.412 e. The first-order valence-corrected chi connectivity index (χ1v) is 19.8. The number of halogens is 1. The minimum absolute atomic E-state index is 0.304. The molecule has 1 fully saturated rings. The number of carbonyl (C=O) groups excluding carboxylic acids is 4. The summed E-state index contributed by atoms with van der Waals surface area (Å²) >= 11 is 5.71. The number of hydrogen-bond acceptors (Lipinski definition) is 10. The Kier molecular flexibility index (Phi) is 15.2. The van der Waals surface area contributed by atoms with Crippen molar-refractivity contribution in [2.45, 2.75) is 59.3 Å². The Labute approximate surface area is 355 Å². The molecule has 0 saturated carbocycles. The van der Waals surface area contributed by atoms with Crippen LogP contribution in [-0.4, -0.2) is 76.2 Å². The summed E-state index contributed by atoms with van der Waals surface area (Å²) in [5.41, 5.74) is 2.69. The van der Waals surface area contributed by atoms with Gasteiger partial charge in [-0.2, -0.15) is 0 Å². The summed E-state index contributed by atoms with van der Waals surface area (Å²) in [6.07, 6.45) is 1.78. The summed E-state index contributed by atoms with van der Waals surface area (Å²) in [5.74, 6) is 0.190. The number of anilines is 5. The van der Waals surface area contributed by atoms with E-state index in [2.05, 4.69) is 65.3 Å². The number of piperazine rings is 1. The fourth-order valence-electron chi connectivity index (χ4n) is 5.81. The van der Waals surface area contributed by atoms with E-state index < -0.39 is 23.4 Å². The molecular weight excluding hydrogens is 784 g/mol. The van der Waals surface area contributed by atoms with Crippen molar-refractivity contribution >= 4 is 64.2 Å². The number of carbonyl (C=O) groups is 4. The Hall–Kier alpha value is -6.51. The molecule has 1 aliphatic rings. The number of amides is 4. The van der Waals surface area contributed by atoms with Gasteiger partial charge in [0.25, 0.3) is 11.8 Å². The number of nitrogens with zero attached hydrogens (tertiary/aromatic N) is 4. The molecule has 0 bridgehead atoms. The molecule has 314 valence electrons. The Balaban J connectivity index is 0.000000247. The standard InChI is InChI=1S/C28H33N5O3.C17H18ClN3O3/c1-28(2,3)36-27(35)31-24-12-8-7-11-23(24)30-26(34)22-13-14-25(29-19-22)33-17-15-32(16-18-33)20-21-9-5-4-6-10-21;1-17(2,3)24-16(23)21-13-7-5-4-6-12(13)20-15(22)11-8-9-14(18)19-10-11/h4-14,19H,15-18,20H2,1-3H3,(H,30,34)(H,31,35);4-10H,1-3H3,(H,20,22)(H,21,23). The van der Waals surface area contributed by atoms with Gasteiger partial charge in [0, 0.05) is 45.1 Å². The van der Waals surface area contributed by atoms with Crippen molar-refractivity contribution in [3.05, 3.63) is 137 Å². The first-order chi connectivity index (χ1) is 28.5. The largest absolute Gasteiger partial charge is 0.444 e. The SMILES string of the molecule is CC(C)(C)OC(=O)Nc1ccccc1NC(=O)c1ccc(Cl)nc1.CC(C)(C)OC(=O)Nc1ccccc1NC(=O)c1ccc(N2CCN(Cc3ccccc3)CC2)nc1. The lowest BCUT2D eigenvalue weighted by Gasteiger charge is -2.35. The van der Waals surface area contributed by atoms with Crippen LogP contribution in [0.5, 0.6) is 0 Å². The van der Waals surface area contributed by atoms with Gasteiger partial charge in [0.1, 0.15) is 22.2 Å². The van der Waals surface area contributed by atoms with E-state index in [0.717, 1.165) is 38.5 Å². The van der Waals surface area contributed by atoms with Crippen LogP contribution in [-0.2, 0) is 16.0 Å². The van der Waals surface area contributed by atoms with Crippen molar-refractivity contribution in [3.63, 3.8) is 0 Å². The number of pyridine rings is 2. The van der Waals surface area contributed by atoms with Gasteiger partial charge in [0.15, 0.2) is 0 Å². The first-order valence-electron chi connectivity index (χ1n) is 19.4. The van der Waals surface area contributed by atoms with E-state index >= 15 is 0 Å². The lowest BCUT2D eigenvalue weighted by Crippen LogP contribution is -2.46. The molecule has 0 atom stereocenters. The van der Waals surface area contributed by atoms with Crippen molar-refractivity contribution in [1.29, 1.82) is 0 Å². The van der Waals surface area contributed by atoms with Crippen LogP contribution < -0.4 is 26.2 Å². The van der Waals surface area contributed by atoms with Crippen LogP contribution >= 0.6 is 11.6 Å². The zero-order valence-electron chi connectivity index (χ0n) is 34.6. The molecule has 0 unspecified atom stereocenters. The topological polar surface area (TPSA) is 167 Å². The van der Waals surface area contributed by atoms with Gasteiger partial charge in [-0.15, -0.1) is 0 Å². The van der Waals surface area contributed by atoms with Crippen LogP contribution in [0.1, 0.15) is 67.8 Å². The van der Waals surface area contributed by atoms with E-state index in [4.69, 9.17) is 21.1 Å². The molecule has 3 aromatic carbocycles. The predicted molar refractivity (Wildman–Crippen MR) is 236 cm³/mol. The number of rotatable bonds is 9. The minimum Gasteiger partial charge on any atom is -0.444 e. The lowest BCUT2D eigenvalue weighted by atomic mass is 10.2. The van der Waals surface area contributed by atoms with E-state index in [1.165, 1.54) is 17.8 Å². The Bertz CT molecular complexity index is 2220. The van der Waals surface area contributed by atoms with Crippen LogP contribution in [0.2, 0.25) is 5.15 Å². The van der Waals surface area contributed by atoms with Crippen LogP contribution in [0.15, 0.2) is 116 Å². The van der Waals surface area contributed by atoms with Crippen molar-refractivity contribution < 1.29 is 28.7 Å². The van der Waals surface area contributed by atoms with Gasteiger partial charge < -0.3 is 25.0 Å². The van der Waals surface area contributed by atoms with Gasteiger partial charge in [-0.25, -0.2) is 19.6 Å². The monoisotopic (exact) mass is 834 g/mol. The maximum atomic E-state index is 12.9. The van der Waals surface area contributed by atoms with Crippen molar-refractivity contribution in [1.82, 2.24) is 14.9 Å². The molecule has 2 aromatic heterocycles. The number of nitrogens with one attached hydrogen (secondary N) is 4. The lowest BCUT2D eigenvalue weighted by molar-refractivity contribution is 0.0624. The van der Waals surface area contributed by atoms with Crippen molar-refractivity contribution in [2.24, 2.45) is 0 Å². The number of hydrogen-bond donors (Lipinski definition) is 4. The number of benzene rings is 3. The van der Waals surface area contributed by atoms with Crippen molar-refractivity contribution in [3.8, 4) is 0 Å².